The van der Waals surface area contributed by atoms with E-state index < -0.39 is 22.6 Å². The van der Waals surface area contributed by atoms with Gasteiger partial charge in [0, 0.05) is 11.1 Å². The summed E-state index contributed by atoms with van der Waals surface area (Å²) < 4.78 is 32.6. The average molecular weight is 437 g/mol. The largest absolute Gasteiger partial charge is 0.452 e. The predicted molar refractivity (Wildman–Crippen MR) is 109 cm³/mol. The Labute approximate surface area is 174 Å². The van der Waals surface area contributed by atoms with Crippen LogP contribution >= 0.6 is 11.6 Å². The lowest BCUT2D eigenvalue weighted by Crippen LogP contribution is -2.36. The molecule has 154 valence electrons. The van der Waals surface area contributed by atoms with Crippen molar-refractivity contribution in [2.45, 2.75) is 36.6 Å². The minimum atomic E-state index is -3.93. The molecule has 0 unspecified atom stereocenters. The number of hydrogen-bond donors (Lipinski definition) is 2. The van der Waals surface area contributed by atoms with Crippen molar-refractivity contribution in [2.75, 3.05) is 11.3 Å². The lowest BCUT2D eigenvalue weighted by Gasteiger charge is -2.14. The van der Waals surface area contributed by atoms with Crippen LogP contribution in [0.25, 0.3) is 0 Å². The summed E-state index contributed by atoms with van der Waals surface area (Å²) in [6.45, 7) is -0.423. The van der Waals surface area contributed by atoms with Crippen LogP contribution in [0.1, 0.15) is 36.0 Å². The molecule has 0 bridgehead atoms. The topological polar surface area (TPSA) is 102 Å². The number of carbonyl (C=O) groups is 2. The molecule has 1 saturated carbocycles. The van der Waals surface area contributed by atoms with E-state index in [0.717, 1.165) is 25.7 Å². The van der Waals surface area contributed by atoms with Gasteiger partial charge in [-0.15, -0.1) is 0 Å². The number of amides is 1. The van der Waals surface area contributed by atoms with Gasteiger partial charge in [-0.25, -0.2) is 13.2 Å². The van der Waals surface area contributed by atoms with Crippen LogP contribution in [0.5, 0.6) is 0 Å². The number of rotatable bonds is 7. The molecule has 7 nitrogen and oxygen atoms in total. The van der Waals surface area contributed by atoms with E-state index in [9.17, 15) is 18.0 Å². The fraction of sp³-hybridized carbons (Fsp3) is 0.300. The number of halogens is 1. The third kappa shape index (κ3) is 5.71. The molecule has 0 heterocycles. The van der Waals surface area contributed by atoms with Crippen molar-refractivity contribution in [3.63, 3.8) is 0 Å². The van der Waals surface area contributed by atoms with Gasteiger partial charge < -0.3 is 10.1 Å². The van der Waals surface area contributed by atoms with Gasteiger partial charge in [0.15, 0.2) is 6.61 Å². The first-order valence-corrected chi connectivity index (χ1v) is 11.1. The highest BCUT2D eigenvalue weighted by molar-refractivity contribution is 7.92. The first kappa shape index (κ1) is 21.1. The second-order valence-corrected chi connectivity index (χ2v) is 8.85. The third-order valence-corrected chi connectivity index (χ3v) is 6.20. The van der Waals surface area contributed by atoms with E-state index in [1.165, 1.54) is 36.4 Å². The van der Waals surface area contributed by atoms with E-state index in [1.807, 2.05) is 0 Å². The Morgan fingerprint density at radius 3 is 2.38 bits per heavy atom. The number of ether oxygens (including phenoxy) is 1. The molecule has 9 heteroatoms. The molecule has 2 aromatic rings. The number of benzene rings is 2. The highest BCUT2D eigenvalue weighted by atomic mass is 35.5. The molecule has 1 amide bonds. The molecule has 1 aliphatic rings. The van der Waals surface area contributed by atoms with Crippen LogP contribution in [0.15, 0.2) is 53.4 Å². The predicted octanol–water partition coefficient (Wildman–Crippen LogP) is 3.36. The van der Waals surface area contributed by atoms with Crippen molar-refractivity contribution in [3.8, 4) is 0 Å². The Hall–Kier alpha value is -2.58. The lowest BCUT2D eigenvalue weighted by atomic mass is 10.2. The first-order valence-electron chi connectivity index (χ1n) is 9.19. The number of para-hydroxylation sites is 1. The van der Waals surface area contributed by atoms with E-state index in [1.54, 1.807) is 12.1 Å². The van der Waals surface area contributed by atoms with Gasteiger partial charge in [-0.2, -0.15) is 0 Å². The van der Waals surface area contributed by atoms with Crippen molar-refractivity contribution < 1.29 is 22.7 Å². The van der Waals surface area contributed by atoms with Gasteiger partial charge in [0.1, 0.15) is 0 Å². The van der Waals surface area contributed by atoms with Gasteiger partial charge >= 0.3 is 5.97 Å². The molecule has 2 N–H and O–H groups in total. The van der Waals surface area contributed by atoms with Gasteiger partial charge in [0.25, 0.3) is 15.9 Å². The zero-order valence-corrected chi connectivity index (χ0v) is 17.1. The van der Waals surface area contributed by atoms with Crippen molar-refractivity contribution in [1.29, 1.82) is 0 Å². The smallest absolute Gasteiger partial charge is 0.340 e. The normalized spacial score (nSPS) is 14.4. The quantitative estimate of drug-likeness (QED) is 0.648. The van der Waals surface area contributed by atoms with Crippen LogP contribution in [-0.4, -0.2) is 32.9 Å². The van der Waals surface area contributed by atoms with E-state index in [2.05, 4.69) is 10.0 Å². The Balaban J connectivity index is 1.67. The monoisotopic (exact) mass is 436 g/mol. The standard InChI is InChI=1S/C20H21ClN2O5S/c21-14-9-11-16(12-10-14)29(26,27)23-18-8-4-3-7-17(18)20(25)28-13-19(24)22-15-5-1-2-6-15/h3-4,7-12,15,23H,1-2,5-6,13H2,(H,22,24). The zero-order valence-electron chi connectivity index (χ0n) is 15.6. The second kappa shape index (κ2) is 9.28. The highest BCUT2D eigenvalue weighted by Gasteiger charge is 2.21. The molecule has 2 aromatic carbocycles. The summed E-state index contributed by atoms with van der Waals surface area (Å²) in [6.07, 6.45) is 4.00. The van der Waals surface area contributed by atoms with Crippen LogP contribution < -0.4 is 10.0 Å². The summed E-state index contributed by atoms with van der Waals surface area (Å²) in [6, 6.07) is 11.8. The Morgan fingerprint density at radius 1 is 1.03 bits per heavy atom. The van der Waals surface area contributed by atoms with Crippen LogP contribution in [0, 0.1) is 0 Å². The zero-order chi connectivity index (χ0) is 20.9. The van der Waals surface area contributed by atoms with Crippen molar-refractivity contribution in [2.24, 2.45) is 0 Å². The van der Waals surface area contributed by atoms with Gasteiger partial charge in [-0.1, -0.05) is 36.6 Å². The molecule has 3 rings (SSSR count). The maximum Gasteiger partial charge on any atom is 0.340 e. The maximum absolute atomic E-state index is 12.6. The molecule has 0 radical (unpaired) electrons. The van der Waals surface area contributed by atoms with Crippen molar-refractivity contribution >= 4 is 39.2 Å². The van der Waals surface area contributed by atoms with Gasteiger partial charge in [0.2, 0.25) is 0 Å². The van der Waals surface area contributed by atoms with Crippen LogP contribution in [0.4, 0.5) is 5.69 Å². The van der Waals surface area contributed by atoms with Crippen molar-refractivity contribution in [1.82, 2.24) is 5.32 Å². The first-order chi connectivity index (χ1) is 13.8. The summed E-state index contributed by atoms with van der Waals surface area (Å²) in [5, 5.41) is 3.23. The molecule has 0 spiro atoms. The Morgan fingerprint density at radius 2 is 1.69 bits per heavy atom. The summed E-state index contributed by atoms with van der Waals surface area (Å²) in [4.78, 5) is 24.4. The molecule has 29 heavy (non-hydrogen) atoms. The fourth-order valence-electron chi connectivity index (χ4n) is 3.12. The number of carbonyl (C=O) groups excluding carboxylic acids is 2. The molecular weight excluding hydrogens is 416 g/mol. The SMILES string of the molecule is O=C(COC(=O)c1ccccc1NS(=O)(=O)c1ccc(Cl)cc1)NC1CCCC1. The van der Waals surface area contributed by atoms with Crippen LogP contribution in [-0.2, 0) is 19.6 Å². The van der Waals surface area contributed by atoms with Gasteiger partial charge in [-0.3, -0.25) is 9.52 Å². The number of sulfonamides is 1. The van der Waals surface area contributed by atoms with E-state index >= 15 is 0 Å². The fourth-order valence-corrected chi connectivity index (χ4v) is 4.32. The number of esters is 1. The van der Waals surface area contributed by atoms with Gasteiger partial charge in [0.05, 0.1) is 16.1 Å². The van der Waals surface area contributed by atoms with Gasteiger partial charge in [-0.05, 0) is 49.2 Å². The summed E-state index contributed by atoms with van der Waals surface area (Å²) in [5.41, 5.74) is 0.0716. The molecule has 0 atom stereocenters. The molecule has 1 aliphatic carbocycles. The summed E-state index contributed by atoms with van der Waals surface area (Å²) in [5.74, 6) is -1.16. The number of nitrogens with one attached hydrogen (secondary N) is 2. The molecule has 1 fully saturated rings. The van der Waals surface area contributed by atoms with Crippen LogP contribution in [0.3, 0.4) is 0 Å². The second-order valence-electron chi connectivity index (χ2n) is 6.73. The highest BCUT2D eigenvalue weighted by Crippen LogP contribution is 2.22. The average Bonchev–Trinajstić information content (AvgIpc) is 3.19. The van der Waals surface area contributed by atoms with E-state index in [0.29, 0.717) is 5.02 Å². The van der Waals surface area contributed by atoms with E-state index in [-0.39, 0.29) is 28.1 Å². The number of hydrogen-bond acceptors (Lipinski definition) is 5. The number of anilines is 1. The van der Waals surface area contributed by atoms with Crippen LogP contribution in [0.2, 0.25) is 5.02 Å². The Bertz CT molecular complexity index is 986. The minimum absolute atomic E-state index is 0.000937. The summed E-state index contributed by atoms with van der Waals surface area (Å²) >= 11 is 5.79. The summed E-state index contributed by atoms with van der Waals surface area (Å²) in [7, 11) is -3.93. The molecule has 0 saturated heterocycles. The molecular formula is C20H21ClN2O5S. The maximum atomic E-state index is 12.6. The minimum Gasteiger partial charge on any atom is -0.452 e. The van der Waals surface area contributed by atoms with E-state index in [4.69, 9.17) is 16.3 Å². The molecule has 0 aromatic heterocycles. The third-order valence-electron chi connectivity index (χ3n) is 4.57. The molecule has 0 aliphatic heterocycles. The Kier molecular flexibility index (Phi) is 6.76. The lowest BCUT2D eigenvalue weighted by molar-refractivity contribution is -0.124. The van der Waals surface area contributed by atoms with Crippen molar-refractivity contribution in [3.05, 3.63) is 59.1 Å².